The highest BCUT2D eigenvalue weighted by atomic mass is 32.2. The van der Waals surface area contributed by atoms with Crippen LogP contribution in [0.3, 0.4) is 0 Å². The second-order valence-electron chi connectivity index (χ2n) is 2.90. The fourth-order valence-corrected chi connectivity index (χ4v) is 2.64. The first-order chi connectivity index (χ1) is 7.40. The van der Waals surface area contributed by atoms with Gasteiger partial charge in [-0.15, -0.1) is 16.9 Å². The van der Waals surface area contributed by atoms with Gasteiger partial charge in [-0.3, -0.25) is 0 Å². The van der Waals surface area contributed by atoms with E-state index in [0.717, 1.165) is 16.4 Å². The third-order valence-electron chi connectivity index (χ3n) is 1.90. The Hall–Kier alpha value is -1.07. The van der Waals surface area contributed by atoms with Gasteiger partial charge in [-0.1, -0.05) is 22.7 Å². The number of nitrogens with one attached hydrogen (secondary N) is 1. The molecule has 1 aromatic heterocycles. The second kappa shape index (κ2) is 5.14. The predicted octanol–water partition coefficient (Wildman–Crippen LogP) is 2.87. The van der Waals surface area contributed by atoms with Gasteiger partial charge in [-0.2, -0.15) is 0 Å². The minimum atomic E-state index is 0.858. The van der Waals surface area contributed by atoms with Crippen LogP contribution in [0.1, 0.15) is 5.69 Å². The smallest absolute Gasteiger partial charge is 0.133 e. The zero-order chi connectivity index (χ0) is 10.5. The first kappa shape index (κ1) is 10.4. The van der Waals surface area contributed by atoms with Crippen LogP contribution >= 0.6 is 23.3 Å². The van der Waals surface area contributed by atoms with Crippen molar-refractivity contribution in [3.05, 3.63) is 36.0 Å². The summed E-state index contributed by atoms with van der Waals surface area (Å²) in [5.41, 5.74) is 1.02. The lowest BCUT2D eigenvalue weighted by molar-refractivity contribution is 1.07. The summed E-state index contributed by atoms with van der Waals surface area (Å²) in [5, 5.41) is 8.23. The first-order valence-electron chi connectivity index (χ1n) is 4.57. The van der Waals surface area contributed by atoms with Gasteiger partial charge in [-0.05, 0) is 12.1 Å². The Morgan fingerprint density at radius 2 is 2.13 bits per heavy atom. The zero-order valence-electron chi connectivity index (χ0n) is 8.30. The van der Waals surface area contributed by atoms with Crippen LogP contribution in [-0.4, -0.2) is 16.6 Å². The SMILES string of the molecule is CNc1snnc1CSc1ccccc1. The van der Waals surface area contributed by atoms with Crippen LogP contribution < -0.4 is 5.32 Å². The van der Waals surface area contributed by atoms with Crippen molar-refractivity contribution >= 4 is 28.3 Å². The Balaban J connectivity index is 1.99. The van der Waals surface area contributed by atoms with E-state index in [2.05, 4.69) is 27.0 Å². The third-order valence-corrected chi connectivity index (χ3v) is 3.71. The Labute approximate surface area is 97.1 Å². The molecule has 15 heavy (non-hydrogen) atoms. The summed E-state index contributed by atoms with van der Waals surface area (Å²) < 4.78 is 3.92. The lowest BCUT2D eigenvalue weighted by Gasteiger charge is -2.00. The Morgan fingerprint density at radius 1 is 1.33 bits per heavy atom. The summed E-state index contributed by atoms with van der Waals surface area (Å²) in [6.45, 7) is 0. The van der Waals surface area contributed by atoms with Crippen LogP contribution in [0.4, 0.5) is 5.00 Å². The van der Waals surface area contributed by atoms with E-state index in [4.69, 9.17) is 0 Å². The molecule has 5 heteroatoms. The molecular formula is C10H11N3S2. The lowest BCUT2D eigenvalue weighted by Crippen LogP contribution is -1.90. The van der Waals surface area contributed by atoms with E-state index >= 15 is 0 Å². The number of aromatic nitrogens is 2. The van der Waals surface area contributed by atoms with Gasteiger partial charge >= 0.3 is 0 Å². The highest BCUT2D eigenvalue weighted by Crippen LogP contribution is 2.26. The molecule has 1 heterocycles. The lowest BCUT2D eigenvalue weighted by atomic mass is 10.4. The van der Waals surface area contributed by atoms with E-state index in [-0.39, 0.29) is 0 Å². The fraction of sp³-hybridized carbons (Fsp3) is 0.200. The van der Waals surface area contributed by atoms with Crippen LogP contribution in [0.2, 0.25) is 0 Å². The largest absolute Gasteiger partial charge is 0.377 e. The maximum atomic E-state index is 4.09. The maximum Gasteiger partial charge on any atom is 0.133 e. The molecule has 0 aliphatic rings. The summed E-state index contributed by atoms with van der Waals surface area (Å²) >= 11 is 3.17. The van der Waals surface area contributed by atoms with Crippen LogP contribution in [0.25, 0.3) is 0 Å². The predicted molar refractivity (Wildman–Crippen MR) is 65.5 cm³/mol. The molecule has 2 rings (SSSR count). The molecule has 0 radical (unpaired) electrons. The van der Waals surface area contributed by atoms with Gasteiger partial charge in [0.05, 0.1) is 0 Å². The fourth-order valence-electron chi connectivity index (χ4n) is 1.16. The summed E-state index contributed by atoms with van der Waals surface area (Å²) in [5.74, 6) is 0.858. The van der Waals surface area contributed by atoms with Gasteiger partial charge in [0.2, 0.25) is 0 Å². The van der Waals surface area contributed by atoms with Gasteiger partial charge in [-0.25, -0.2) is 0 Å². The van der Waals surface area contributed by atoms with Crippen molar-refractivity contribution in [1.29, 1.82) is 0 Å². The number of thioether (sulfide) groups is 1. The van der Waals surface area contributed by atoms with E-state index in [1.807, 2.05) is 25.2 Å². The molecule has 0 fully saturated rings. The van der Waals surface area contributed by atoms with E-state index in [9.17, 15) is 0 Å². The van der Waals surface area contributed by atoms with Crippen molar-refractivity contribution in [2.24, 2.45) is 0 Å². The second-order valence-corrected chi connectivity index (χ2v) is 4.70. The van der Waals surface area contributed by atoms with E-state index in [1.54, 1.807) is 11.8 Å². The molecule has 0 aliphatic heterocycles. The highest BCUT2D eigenvalue weighted by Gasteiger charge is 2.06. The molecule has 0 bridgehead atoms. The van der Waals surface area contributed by atoms with E-state index < -0.39 is 0 Å². The van der Waals surface area contributed by atoms with Gasteiger partial charge in [0.25, 0.3) is 0 Å². The standard InChI is InChI=1S/C10H11N3S2/c1-11-10-9(12-13-15-10)7-14-8-5-3-2-4-6-8/h2-6,11H,7H2,1H3. The Morgan fingerprint density at radius 3 is 2.87 bits per heavy atom. The van der Waals surface area contributed by atoms with Crippen LogP contribution in [0.5, 0.6) is 0 Å². The summed E-state index contributed by atoms with van der Waals surface area (Å²) in [6, 6.07) is 10.3. The third kappa shape index (κ3) is 2.70. The van der Waals surface area contributed by atoms with Crippen LogP contribution in [-0.2, 0) is 5.75 Å². The quantitative estimate of drug-likeness (QED) is 0.830. The van der Waals surface area contributed by atoms with Gasteiger partial charge in [0, 0.05) is 29.2 Å². The normalized spacial score (nSPS) is 10.2. The molecule has 1 N–H and O–H groups in total. The number of anilines is 1. The summed E-state index contributed by atoms with van der Waals surface area (Å²) in [6.07, 6.45) is 0. The number of rotatable bonds is 4. The van der Waals surface area contributed by atoms with Crippen molar-refractivity contribution < 1.29 is 0 Å². The van der Waals surface area contributed by atoms with Gasteiger partial charge in [0.15, 0.2) is 0 Å². The molecule has 3 nitrogen and oxygen atoms in total. The van der Waals surface area contributed by atoms with Crippen LogP contribution in [0.15, 0.2) is 35.2 Å². The highest BCUT2D eigenvalue weighted by molar-refractivity contribution is 7.98. The topological polar surface area (TPSA) is 37.8 Å². The monoisotopic (exact) mass is 237 g/mol. The molecule has 1 aromatic carbocycles. The zero-order valence-corrected chi connectivity index (χ0v) is 9.94. The Kier molecular flexibility index (Phi) is 3.58. The van der Waals surface area contributed by atoms with Crippen molar-refractivity contribution in [2.75, 3.05) is 12.4 Å². The number of hydrogen-bond acceptors (Lipinski definition) is 5. The van der Waals surface area contributed by atoms with Crippen LogP contribution in [0, 0.1) is 0 Å². The van der Waals surface area contributed by atoms with E-state index in [1.165, 1.54) is 16.4 Å². The average Bonchev–Trinajstić information content (AvgIpc) is 2.75. The number of hydrogen-bond donors (Lipinski definition) is 1. The van der Waals surface area contributed by atoms with Gasteiger partial charge < -0.3 is 5.32 Å². The molecule has 0 aliphatic carbocycles. The number of nitrogens with zero attached hydrogens (tertiary/aromatic N) is 2. The molecular weight excluding hydrogens is 226 g/mol. The maximum absolute atomic E-state index is 4.09. The van der Waals surface area contributed by atoms with E-state index in [0.29, 0.717) is 0 Å². The summed E-state index contributed by atoms with van der Waals surface area (Å²) in [7, 11) is 1.89. The minimum Gasteiger partial charge on any atom is -0.377 e. The molecule has 0 spiro atoms. The molecule has 0 amide bonds. The van der Waals surface area contributed by atoms with Crippen molar-refractivity contribution in [2.45, 2.75) is 10.6 Å². The molecule has 0 atom stereocenters. The molecule has 0 saturated carbocycles. The van der Waals surface area contributed by atoms with Crippen molar-refractivity contribution in [1.82, 2.24) is 9.59 Å². The Bertz CT molecular complexity index is 414. The average molecular weight is 237 g/mol. The van der Waals surface area contributed by atoms with Gasteiger partial charge in [0.1, 0.15) is 10.7 Å². The van der Waals surface area contributed by atoms with Crippen molar-refractivity contribution in [3.63, 3.8) is 0 Å². The first-order valence-corrected chi connectivity index (χ1v) is 6.33. The summed E-state index contributed by atoms with van der Waals surface area (Å²) in [4.78, 5) is 1.26. The number of benzene rings is 1. The van der Waals surface area contributed by atoms with Crippen molar-refractivity contribution in [3.8, 4) is 0 Å². The molecule has 0 unspecified atom stereocenters. The molecule has 78 valence electrons. The molecule has 0 saturated heterocycles. The minimum absolute atomic E-state index is 0.858. The molecule has 2 aromatic rings.